The molecule has 1 unspecified atom stereocenters. The first-order chi connectivity index (χ1) is 10.1. The Labute approximate surface area is 135 Å². The lowest BCUT2D eigenvalue weighted by molar-refractivity contribution is -0.121. The van der Waals surface area contributed by atoms with E-state index < -0.39 is 0 Å². The van der Waals surface area contributed by atoms with Crippen LogP contribution < -0.4 is 5.32 Å². The summed E-state index contributed by atoms with van der Waals surface area (Å²) >= 11 is 3.63. The summed E-state index contributed by atoms with van der Waals surface area (Å²) in [6.45, 7) is 0. The molecule has 0 saturated heterocycles. The predicted molar refractivity (Wildman–Crippen MR) is 88.7 cm³/mol. The largest absolute Gasteiger partial charge is 0.371 e. The highest BCUT2D eigenvalue weighted by Gasteiger charge is 2.31. The number of hydrogen-bond donors (Lipinski definition) is 1. The molecule has 1 aliphatic heterocycles. The number of hydrogen-bond acceptors (Lipinski definition) is 2. The second kappa shape index (κ2) is 6.39. The van der Waals surface area contributed by atoms with Gasteiger partial charge in [0, 0.05) is 29.7 Å². The van der Waals surface area contributed by atoms with Crippen molar-refractivity contribution in [2.45, 2.75) is 51.0 Å². The minimum Gasteiger partial charge on any atom is -0.371 e. The van der Waals surface area contributed by atoms with E-state index in [-0.39, 0.29) is 5.91 Å². The number of nitrogens with zero attached hydrogens (tertiary/aromatic N) is 1. The van der Waals surface area contributed by atoms with Crippen molar-refractivity contribution in [3.63, 3.8) is 0 Å². The van der Waals surface area contributed by atoms with Crippen LogP contribution in [0, 0.1) is 5.92 Å². The zero-order valence-electron chi connectivity index (χ0n) is 12.6. The van der Waals surface area contributed by atoms with Crippen LogP contribution in [0.2, 0.25) is 0 Å². The zero-order chi connectivity index (χ0) is 14.8. The first-order valence-electron chi connectivity index (χ1n) is 7.95. The minimum atomic E-state index is 0.171. The number of nitrogens with one attached hydrogen (secondary N) is 1. The lowest BCUT2D eigenvalue weighted by Gasteiger charge is -2.24. The second-order valence-corrected chi connectivity index (χ2v) is 7.23. The maximum absolute atomic E-state index is 12.3. The third kappa shape index (κ3) is 3.25. The fourth-order valence-electron chi connectivity index (χ4n) is 3.66. The highest BCUT2D eigenvalue weighted by molar-refractivity contribution is 9.11. The average Bonchev–Trinajstić information content (AvgIpc) is 2.77. The van der Waals surface area contributed by atoms with Crippen LogP contribution in [0.3, 0.4) is 0 Å². The number of likely N-dealkylation sites (N-methyl/N-ethyl adjacent to an activating group) is 1. The fourth-order valence-corrected chi connectivity index (χ4v) is 4.33. The Kier molecular flexibility index (Phi) is 4.53. The van der Waals surface area contributed by atoms with Crippen molar-refractivity contribution in [2.24, 2.45) is 5.92 Å². The summed E-state index contributed by atoms with van der Waals surface area (Å²) in [6.07, 6.45) is 14.3. The molecule has 4 heteroatoms. The fraction of sp³-hybridized carbons (Fsp3) is 0.588. The highest BCUT2D eigenvalue weighted by atomic mass is 79.9. The monoisotopic (exact) mass is 350 g/mol. The molecule has 21 heavy (non-hydrogen) atoms. The molecule has 0 spiro atoms. The van der Waals surface area contributed by atoms with Crippen molar-refractivity contribution in [3.8, 4) is 0 Å². The van der Waals surface area contributed by atoms with Crippen LogP contribution in [0.25, 0.3) is 0 Å². The summed E-state index contributed by atoms with van der Waals surface area (Å²) in [7, 11) is 2.07. The van der Waals surface area contributed by atoms with Gasteiger partial charge in [0.25, 0.3) is 0 Å². The number of halogens is 1. The van der Waals surface area contributed by atoms with Gasteiger partial charge in [-0.05, 0) is 25.2 Å². The summed E-state index contributed by atoms with van der Waals surface area (Å²) in [5, 5.41) is 3.14. The van der Waals surface area contributed by atoms with Gasteiger partial charge in [-0.3, -0.25) is 4.79 Å². The van der Waals surface area contributed by atoms with Crippen LogP contribution in [0.15, 0.2) is 34.1 Å². The van der Waals surface area contributed by atoms with Crippen LogP contribution in [0.5, 0.6) is 0 Å². The van der Waals surface area contributed by atoms with E-state index in [1.165, 1.54) is 37.7 Å². The maximum Gasteiger partial charge on any atom is 0.224 e. The molecule has 1 heterocycles. The van der Waals surface area contributed by atoms with Crippen LogP contribution >= 0.6 is 15.9 Å². The zero-order valence-corrected chi connectivity index (χ0v) is 14.2. The Morgan fingerprint density at radius 1 is 1.38 bits per heavy atom. The Morgan fingerprint density at radius 3 is 2.90 bits per heavy atom. The molecule has 2 aliphatic carbocycles. The Balaban J connectivity index is 1.65. The van der Waals surface area contributed by atoms with E-state index in [0.29, 0.717) is 18.4 Å². The van der Waals surface area contributed by atoms with Gasteiger partial charge < -0.3 is 10.2 Å². The van der Waals surface area contributed by atoms with Gasteiger partial charge in [-0.25, -0.2) is 0 Å². The molecule has 0 bridgehead atoms. The minimum absolute atomic E-state index is 0.171. The smallest absolute Gasteiger partial charge is 0.224 e. The summed E-state index contributed by atoms with van der Waals surface area (Å²) in [4.78, 5) is 14.5. The SMILES string of the molecule is CN1C=C(NC(=O)CC2CCCCC2)C2=C(Br)C=CCC21. The maximum atomic E-state index is 12.3. The third-order valence-electron chi connectivity index (χ3n) is 4.80. The molecule has 1 N–H and O–H groups in total. The number of carbonyl (C=O) groups excluding carboxylic acids is 1. The van der Waals surface area contributed by atoms with Gasteiger partial charge in [0.05, 0.1) is 11.7 Å². The van der Waals surface area contributed by atoms with E-state index in [4.69, 9.17) is 0 Å². The third-order valence-corrected chi connectivity index (χ3v) is 5.49. The summed E-state index contributed by atoms with van der Waals surface area (Å²) in [5.41, 5.74) is 2.19. The summed E-state index contributed by atoms with van der Waals surface area (Å²) < 4.78 is 1.09. The number of fused-ring (bicyclic) bond motifs is 1. The van der Waals surface area contributed by atoms with Crippen LogP contribution in [0.4, 0.5) is 0 Å². The molecule has 1 saturated carbocycles. The number of allylic oxidation sites excluding steroid dienone is 2. The topological polar surface area (TPSA) is 32.3 Å². The predicted octanol–water partition coefficient (Wildman–Crippen LogP) is 3.84. The van der Waals surface area contributed by atoms with E-state index in [2.05, 4.69) is 51.5 Å². The standard InChI is InChI=1S/C17H23BrN2O/c1-20-11-14(17-13(18)8-5-9-15(17)20)19-16(21)10-12-6-3-2-4-7-12/h5,8,11-12,15H,2-4,6-7,9-10H2,1H3,(H,19,21). The number of rotatable bonds is 3. The molecule has 3 rings (SSSR count). The number of carbonyl (C=O) groups is 1. The van der Waals surface area contributed by atoms with Crippen molar-refractivity contribution in [2.75, 3.05) is 7.05 Å². The van der Waals surface area contributed by atoms with E-state index >= 15 is 0 Å². The van der Waals surface area contributed by atoms with Gasteiger partial charge in [-0.15, -0.1) is 0 Å². The van der Waals surface area contributed by atoms with Crippen molar-refractivity contribution in [1.29, 1.82) is 0 Å². The molecule has 1 atom stereocenters. The van der Waals surface area contributed by atoms with Crippen LogP contribution in [-0.2, 0) is 4.79 Å². The molecule has 3 nitrogen and oxygen atoms in total. The molecule has 3 aliphatic rings. The van der Waals surface area contributed by atoms with Crippen LogP contribution in [0.1, 0.15) is 44.9 Å². The normalized spacial score (nSPS) is 25.9. The Bertz CT molecular complexity index is 515. The molecule has 0 aromatic heterocycles. The van der Waals surface area contributed by atoms with Gasteiger partial charge in [-0.1, -0.05) is 47.3 Å². The average molecular weight is 351 g/mol. The van der Waals surface area contributed by atoms with E-state index in [1.54, 1.807) is 0 Å². The lowest BCUT2D eigenvalue weighted by atomic mass is 9.87. The molecular weight excluding hydrogens is 328 g/mol. The van der Waals surface area contributed by atoms with Gasteiger partial charge in [0.15, 0.2) is 0 Å². The molecule has 1 amide bonds. The van der Waals surface area contributed by atoms with Gasteiger partial charge >= 0.3 is 0 Å². The second-order valence-electron chi connectivity index (χ2n) is 6.38. The van der Waals surface area contributed by atoms with E-state index in [0.717, 1.165) is 16.6 Å². The Morgan fingerprint density at radius 2 is 2.14 bits per heavy atom. The molecule has 114 valence electrons. The van der Waals surface area contributed by atoms with E-state index in [9.17, 15) is 4.79 Å². The first-order valence-corrected chi connectivity index (χ1v) is 8.74. The molecular formula is C17H23BrN2O. The first kappa shape index (κ1) is 14.9. The lowest BCUT2D eigenvalue weighted by Crippen LogP contribution is -2.29. The highest BCUT2D eigenvalue weighted by Crippen LogP contribution is 2.36. The van der Waals surface area contributed by atoms with Crippen molar-refractivity contribution in [3.05, 3.63) is 34.1 Å². The number of amides is 1. The van der Waals surface area contributed by atoms with Crippen molar-refractivity contribution < 1.29 is 4.79 Å². The van der Waals surface area contributed by atoms with Crippen molar-refractivity contribution >= 4 is 21.8 Å². The van der Waals surface area contributed by atoms with E-state index in [1.807, 2.05) is 0 Å². The molecule has 0 aromatic rings. The summed E-state index contributed by atoms with van der Waals surface area (Å²) in [5.74, 6) is 0.752. The Hall–Kier alpha value is -1.03. The summed E-state index contributed by atoms with van der Waals surface area (Å²) in [6, 6.07) is 0.356. The molecule has 0 radical (unpaired) electrons. The van der Waals surface area contributed by atoms with Gasteiger partial charge in [0.2, 0.25) is 5.91 Å². The van der Waals surface area contributed by atoms with Gasteiger partial charge in [0.1, 0.15) is 0 Å². The van der Waals surface area contributed by atoms with Crippen molar-refractivity contribution in [1.82, 2.24) is 10.2 Å². The quantitative estimate of drug-likeness (QED) is 0.838. The van der Waals surface area contributed by atoms with Crippen LogP contribution in [-0.4, -0.2) is 23.9 Å². The van der Waals surface area contributed by atoms with Gasteiger partial charge in [-0.2, -0.15) is 0 Å². The molecule has 0 aromatic carbocycles. The molecule has 1 fully saturated rings.